The summed E-state index contributed by atoms with van der Waals surface area (Å²) in [4.78, 5) is 29.6. The molecule has 2 heterocycles. The second-order valence-electron chi connectivity index (χ2n) is 7.01. The summed E-state index contributed by atoms with van der Waals surface area (Å²) in [6.07, 6.45) is 2.20. The molecule has 0 unspecified atom stereocenters. The second-order valence-corrected chi connectivity index (χ2v) is 8.76. The van der Waals surface area contributed by atoms with Gasteiger partial charge in [-0.15, -0.1) is 0 Å². The summed E-state index contributed by atoms with van der Waals surface area (Å²) in [6.45, 7) is 1.80. The van der Waals surface area contributed by atoms with Gasteiger partial charge in [-0.05, 0) is 42.3 Å². The number of nitrogens with one attached hydrogen (secondary N) is 1. The van der Waals surface area contributed by atoms with Crippen LogP contribution in [0, 0.1) is 6.92 Å². The molecule has 3 rings (SSSR count). The number of pyridine rings is 1. The summed E-state index contributed by atoms with van der Waals surface area (Å²) in [5.41, 5.74) is 1.64. The Morgan fingerprint density at radius 2 is 1.97 bits per heavy atom. The van der Waals surface area contributed by atoms with E-state index < -0.39 is 21.7 Å². The maximum absolute atomic E-state index is 12.6. The fourth-order valence-electron chi connectivity index (χ4n) is 2.87. The van der Waals surface area contributed by atoms with E-state index in [0.29, 0.717) is 22.1 Å². The normalized spacial score (nSPS) is 11.3. The zero-order chi connectivity index (χ0) is 22.1. The molecule has 30 heavy (non-hydrogen) atoms. The van der Waals surface area contributed by atoms with Crippen LogP contribution in [-0.2, 0) is 16.4 Å². The number of nitrogens with zero attached hydrogens (tertiary/aromatic N) is 2. The first-order chi connectivity index (χ1) is 14.0. The highest BCUT2D eigenvalue weighted by Gasteiger charge is 2.15. The van der Waals surface area contributed by atoms with E-state index in [1.54, 1.807) is 45.3 Å². The molecule has 0 aliphatic heterocycles. The third-order valence-electron chi connectivity index (χ3n) is 4.32. The second kappa shape index (κ2) is 8.15. The number of amides is 1. The van der Waals surface area contributed by atoms with Crippen molar-refractivity contribution in [3.8, 4) is 5.75 Å². The Labute approximate surface area is 173 Å². The molecule has 158 valence electrons. The van der Waals surface area contributed by atoms with E-state index in [9.17, 15) is 18.0 Å². The molecule has 0 aliphatic carbocycles. The zero-order valence-corrected chi connectivity index (χ0v) is 17.7. The highest BCUT2D eigenvalue weighted by molar-refractivity contribution is 7.92. The van der Waals surface area contributed by atoms with Gasteiger partial charge in [0.15, 0.2) is 0 Å². The van der Waals surface area contributed by atoms with Crippen LogP contribution in [0.2, 0.25) is 0 Å². The molecular weight excluding hydrogens is 410 g/mol. The number of aryl methyl sites for hydroxylation is 1. The number of fused-ring (bicyclic) bond motifs is 1. The van der Waals surface area contributed by atoms with Crippen LogP contribution in [-0.4, -0.2) is 44.7 Å². The van der Waals surface area contributed by atoms with Crippen molar-refractivity contribution >= 4 is 32.9 Å². The molecule has 2 aromatic heterocycles. The van der Waals surface area contributed by atoms with Gasteiger partial charge < -0.3 is 14.1 Å². The lowest BCUT2D eigenvalue weighted by atomic mass is 10.00. The number of rotatable bonds is 5. The fraction of sp³-hybridized carbons (Fsp3) is 0.250. The Balaban J connectivity index is 1.95. The number of carbonyl (C=O) groups excluding carboxylic acids is 1. The molecular formula is C20H21N3O6S. The number of aromatic nitrogens is 1. The van der Waals surface area contributed by atoms with Crippen LogP contribution in [0.4, 0.5) is 10.6 Å². The van der Waals surface area contributed by atoms with Gasteiger partial charge in [-0.2, -0.15) is 0 Å². The van der Waals surface area contributed by atoms with Gasteiger partial charge in [0.2, 0.25) is 10.0 Å². The molecule has 0 aliphatic rings. The van der Waals surface area contributed by atoms with Crippen LogP contribution in [0.1, 0.15) is 16.7 Å². The van der Waals surface area contributed by atoms with Crippen molar-refractivity contribution in [1.82, 2.24) is 9.88 Å². The predicted molar refractivity (Wildman–Crippen MR) is 112 cm³/mol. The monoisotopic (exact) mass is 431 g/mol. The Morgan fingerprint density at radius 3 is 2.63 bits per heavy atom. The van der Waals surface area contributed by atoms with Crippen LogP contribution in [0.3, 0.4) is 0 Å². The van der Waals surface area contributed by atoms with Crippen molar-refractivity contribution in [2.24, 2.45) is 0 Å². The van der Waals surface area contributed by atoms with Crippen molar-refractivity contribution in [3.63, 3.8) is 0 Å². The summed E-state index contributed by atoms with van der Waals surface area (Å²) >= 11 is 0. The van der Waals surface area contributed by atoms with Gasteiger partial charge >= 0.3 is 11.7 Å². The number of carbonyl (C=O) groups is 1. The summed E-state index contributed by atoms with van der Waals surface area (Å²) in [5, 5.41) is 0.706. The molecule has 1 aromatic carbocycles. The van der Waals surface area contributed by atoms with E-state index in [2.05, 4.69) is 9.71 Å². The molecule has 0 bridgehead atoms. The fourth-order valence-corrected chi connectivity index (χ4v) is 3.36. The number of ether oxygens (including phenoxy) is 1. The Hall–Kier alpha value is -3.40. The minimum atomic E-state index is -3.46. The highest BCUT2D eigenvalue weighted by atomic mass is 32.2. The molecule has 0 fully saturated rings. The molecule has 9 nitrogen and oxygen atoms in total. The van der Waals surface area contributed by atoms with E-state index in [4.69, 9.17) is 9.15 Å². The minimum absolute atomic E-state index is 0.171. The van der Waals surface area contributed by atoms with E-state index in [-0.39, 0.29) is 18.0 Å². The highest BCUT2D eigenvalue weighted by Crippen LogP contribution is 2.25. The zero-order valence-electron chi connectivity index (χ0n) is 16.9. The summed E-state index contributed by atoms with van der Waals surface area (Å²) < 4.78 is 35.8. The lowest BCUT2D eigenvalue weighted by molar-refractivity contribution is 0.172. The van der Waals surface area contributed by atoms with Crippen molar-refractivity contribution in [1.29, 1.82) is 0 Å². The minimum Gasteiger partial charge on any atom is -0.422 e. The third-order valence-corrected chi connectivity index (χ3v) is 4.90. The maximum Gasteiger partial charge on any atom is 0.414 e. The third kappa shape index (κ3) is 4.95. The van der Waals surface area contributed by atoms with Gasteiger partial charge in [0.05, 0.1) is 6.26 Å². The van der Waals surface area contributed by atoms with E-state index in [1.165, 1.54) is 17.2 Å². The molecule has 0 saturated carbocycles. The summed E-state index contributed by atoms with van der Waals surface area (Å²) in [7, 11) is -0.331. The molecule has 1 amide bonds. The first-order valence-corrected chi connectivity index (χ1v) is 10.8. The number of sulfonamides is 1. The largest absolute Gasteiger partial charge is 0.422 e. The van der Waals surface area contributed by atoms with Crippen LogP contribution in [0.15, 0.2) is 45.7 Å². The Kier molecular flexibility index (Phi) is 5.79. The predicted octanol–water partition coefficient (Wildman–Crippen LogP) is 2.52. The average Bonchev–Trinajstić information content (AvgIpc) is 2.63. The van der Waals surface area contributed by atoms with Crippen LogP contribution in [0.5, 0.6) is 5.75 Å². The van der Waals surface area contributed by atoms with E-state index >= 15 is 0 Å². The summed E-state index contributed by atoms with van der Waals surface area (Å²) in [6, 6.07) is 8.10. The van der Waals surface area contributed by atoms with Gasteiger partial charge in [0.25, 0.3) is 0 Å². The number of hydrogen-bond donors (Lipinski definition) is 1. The Bertz CT molecular complexity index is 1280. The molecule has 0 radical (unpaired) electrons. The number of hydrogen-bond acceptors (Lipinski definition) is 7. The van der Waals surface area contributed by atoms with Gasteiger partial charge in [-0.3, -0.25) is 4.72 Å². The van der Waals surface area contributed by atoms with Gasteiger partial charge in [0, 0.05) is 43.7 Å². The van der Waals surface area contributed by atoms with Gasteiger partial charge in [-0.25, -0.2) is 23.0 Å². The van der Waals surface area contributed by atoms with Crippen molar-refractivity contribution in [2.45, 2.75) is 13.3 Å². The van der Waals surface area contributed by atoms with Crippen LogP contribution in [0.25, 0.3) is 11.0 Å². The van der Waals surface area contributed by atoms with Crippen molar-refractivity contribution < 1.29 is 22.4 Å². The smallest absolute Gasteiger partial charge is 0.414 e. The van der Waals surface area contributed by atoms with Gasteiger partial charge in [0.1, 0.15) is 17.2 Å². The van der Waals surface area contributed by atoms with E-state index in [0.717, 1.165) is 11.8 Å². The first kappa shape index (κ1) is 21.3. The van der Waals surface area contributed by atoms with Crippen LogP contribution >= 0.6 is 0 Å². The number of anilines is 1. The average molecular weight is 431 g/mol. The standard InChI is InChI=1S/C20H21N3O6S/c1-12-15-6-5-14(28-20(25)23(2)3)11-17(15)29-19(24)16(12)9-13-7-8-21-18(10-13)22-30(4,26)27/h5-8,10-11H,9H2,1-4H3,(H,21,22). The van der Waals surface area contributed by atoms with E-state index in [1.807, 2.05) is 0 Å². The lowest BCUT2D eigenvalue weighted by Gasteiger charge is -2.12. The topological polar surface area (TPSA) is 119 Å². The molecule has 10 heteroatoms. The molecule has 0 atom stereocenters. The van der Waals surface area contributed by atoms with Gasteiger partial charge in [-0.1, -0.05) is 0 Å². The molecule has 1 N–H and O–H groups in total. The van der Waals surface area contributed by atoms with Crippen molar-refractivity contribution in [2.75, 3.05) is 25.1 Å². The molecule has 3 aromatic rings. The van der Waals surface area contributed by atoms with Crippen molar-refractivity contribution in [3.05, 3.63) is 63.6 Å². The Morgan fingerprint density at radius 1 is 1.23 bits per heavy atom. The maximum atomic E-state index is 12.6. The first-order valence-electron chi connectivity index (χ1n) is 8.91. The SMILES string of the molecule is Cc1c(Cc2ccnc(NS(C)(=O)=O)c2)c(=O)oc2cc(OC(=O)N(C)C)ccc12. The summed E-state index contributed by atoms with van der Waals surface area (Å²) in [5.74, 6) is 0.437. The number of benzene rings is 1. The quantitative estimate of drug-likeness (QED) is 0.617. The molecule has 0 spiro atoms. The lowest BCUT2D eigenvalue weighted by Crippen LogP contribution is -2.25. The van der Waals surface area contributed by atoms with Crippen LogP contribution < -0.4 is 15.1 Å². The molecule has 0 saturated heterocycles.